The Kier molecular flexibility index (Phi) is 7.15. The maximum atomic E-state index is 12.7. The van der Waals surface area contributed by atoms with E-state index in [1.54, 1.807) is 11.3 Å². The second-order valence-corrected chi connectivity index (χ2v) is 8.93. The smallest absolute Gasteiger partial charge is 0.253 e. The predicted octanol–water partition coefficient (Wildman–Crippen LogP) is 2.37. The number of morpholine rings is 1. The Hall–Kier alpha value is -2.22. The van der Waals surface area contributed by atoms with Crippen LogP contribution in [0.3, 0.4) is 0 Å². The second kappa shape index (κ2) is 10.2. The number of rotatable bonds is 5. The maximum absolute atomic E-state index is 12.7. The molecule has 30 heavy (non-hydrogen) atoms. The van der Waals surface area contributed by atoms with Crippen molar-refractivity contribution < 1.29 is 14.3 Å². The zero-order chi connectivity index (χ0) is 20.8. The first-order chi connectivity index (χ1) is 14.7. The van der Waals surface area contributed by atoms with Crippen molar-refractivity contribution in [2.75, 3.05) is 52.4 Å². The van der Waals surface area contributed by atoms with E-state index < -0.39 is 0 Å². The lowest BCUT2D eigenvalue weighted by molar-refractivity contribution is -0.138. The Bertz CT molecular complexity index is 827. The third-order valence-electron chi connectivity index (χ3n) is 5.76. The zero-order valence-corrected chi connectivity index (χ0v) is 18.1. The van der Waals surface area contributed by atoms with Crippen LogP contribution in [0.5, 0.6) is 0 Å². The molecule has 2 amide bonds. The highest BCUT2D eigenvalue weighted by atomic mass is 32.1. The molecule has 0 bridgehead atoms. The van der Waals surface area contributed by atoms with Crippen molar-refractivity contribution in [3.8, 4) is 0 Å². The minimum atomic E-state index is 0.0300. The summed E-state index contributed by atoms with van der Waals surface area (Å²) < 4.78 is 5.97. The molecule has 0 spiro atoms. The van der Waals surface area contributed by atoms with Crippen molar-refractivity contribution in [1.29, 1.82) is 0 Å². The van der Waals surface area contributed by atoms with Crippen molar-refractivity contribution in [3.05, 3.63) is 58.3 Å². The minimum absolute atomic E-state index is 0.0300. The van der Waals surface area contributed by atoms with Gasteiger partial charge in [0.2, 0.25) is 5.91 Å². The third-order valence-corrected chi connectivity index (χ3v) is 6.63. The van der Waals surface area contributed by atoms with Crippen molar-refractivity contribution >= 4 is 23.2 Å². The third kappa shape index (κ3) is 5.47. The molecule has 3 heterocycles. The van der Waals surface area contributed by atoms with E-state index in [0.29, 0.717) is 26.1 Å². The molecule has 0 saturated carbocycles. The van der Waals surface area contributed by atoms with Crippen molar-refractivity contribution in [2.45, 2.75) is 18.9 Å². The summed E-state index contributed by atoms with van der Waals surface area (Å²) in [5, 5.41) is 2.01. The number of ether oxygens (including phenoxy) is 1. The van der Waals surface area contributed by atoms with Gasteiger partial charge in [-0.3, -0.25) is 14.5 Å². The molecule has 2 aromatic rings. The summed E-state index contributed by atoms with van der Waals surface area (Å²) in [7, 11) is 0. The number of benzene rings is 1. The average Bonchev–Trinajstić information content (AvgIpc) is 3.18. The van der Waals surface area contributed by atoms with Gasteiger partial charge in [-0.25, -0.2) is 0 Å². The lowest BCUT2D eigenvalue weighted by Gasteiger charge is -2.35. The number of hydrogen-bond acceptors (Lipinski definition) is 5. The summed E-state index contributed by atoms with van der Waals surface area (Å²) in [6, 6.07) is 13.5. The normalized spacial score (nSPS) is 20.7. The molecule has 0 radical (unpaired) electrons. The lowest BCUT2D eigenvalue weighted by atomic mass is 10.2. The number of carbonyl (C=O) groups is 2. The standard InChI is InChI=1S/C23H29N3O3S/c27-22(16-21-8-4-15-30-21)26-13-14-29-20(18-26)17-24-9-5-10-25(12-11-24)23(28)19-6-2-1-3-7-19/h1-4,6-8,15,20H,5,9-14,16-18H2. The zero-order valence-electron chi connectivity index (χ0n) is 17.2. The van der Waals surface area contributed by atoms with Gasteiger partial charge in [0.25, 0.3) is 5.91 Å². The van der Waals surface area contributed by atoms with Crippen LogP contribution in [0.25, 0.3) is 0 Å². The quantitative estimate of drug-likeness (QED) is 0.735. The topological polar surface area (TPSA) is 53.1 Å². The summed E-state index contributed by atoms with van der Waals surface area (Å²) >= 11 is 1.63. The lowest BCUT2D eigenvalue weighted by Crippen LogP contribution is -2.50. The van der Waals surface area contributed by atoms with E-state index in [-0.39, 0.29) is 17.9 Å². The number of amides is 2. The molecule has 1 unspecified atom stereocenters. The number of hydrogen-bond donors (Lipinski definition) is 0. The van der Waals surface area contributed by atoms with Crippen LogP contribution in [0.4, 0.5) is 0 Å². The average molecular weight is 428 g/mol. The summed E-state index contributed by atoms with van der Waals surface area (Å²) in [5.41, 5.74) is 0.751. The van der Waals surface area contributed by atoms with Gasteiger partial charge >= 0.3 is 0 Å². The van der Waals surface area contributed by atoms with Gasteiger partial charge in [0, 0.05) is 49.7 Å². The Morgan fingerprint density at radius 2 is 1.83 bits per heavy atom. The van der Waals surface area contributed by atoms with Crippen LogP contribution in [-0.2, 0) is 16.0 Å². The SMILES string of the molecule is O=C(Cc1cccs1)N1CCOC(CN2CCCN(C(=O)c3ccccc3)CC2)C1. The molecule has 6 nitrogen and oxygen atoms in total. The molecule has 2 saturated heterocycles. The molecule has 0 aliphatic carbocycles. The summed E-state index contributed by atoms with van der Waals surface area (Å²) in [6.45, 7) is 5.99. The van der Waals surface area contributed by atoms with Crippen LogP contribution in [0.1, 0.15) is 21.7 Å². The summed E-state index contributed by atoms with van der Waals surface area (Å²) in [6.07, 6.45) is 1.46. The van der Waals surface area contributed by atoms with E-state index in [4.69, 9.17) is 4.74 Å². The van der Waals surface area contributed by atoms with Crippen molar-refractivity contribution in [1.82, 2.24) is 14.7 Å². The molecule has 2 aliphatic heterocycles. The largest absolute Gasteiger partial charge is 0.373 e. The van der Waals surface area contributed by atoms with Gasteiger partial charge in [0.1, 0.15) is 0 Å². The second-order valence-electron chi connectivity index (χ2n) is 7.90. The molecule has 1 aromatic carbocycles. The maximum Gasteiger partial charge on any atom is 0.253 e. The fourth-order valence-electron chi connectivity index (χ4n) is 4.14. The van der Waals surface area contributed by atoms with Gasteiger partial charge in [0.15, 0.2) is 0 Å². The fourth-order valence-corrected chi connectivity index (χ4v) is 4.83. The van der Waals surface area contributed by atoms with Crippen LogP contribution in [-0.4, -0.2) is 85.0 Å². The Morgan fingerprint density at radius 3 is 2.63 bits per heavy atom. The molecule has 1 aromatic heterocycles. The van der Waals surface area contributed by atoms with Crippen LogP contribution in [0, 0.1) is 0 Å². The molecule has 4 rings (SSSR count). The first-order valence-corrected chi connectivity index (χ1v) is 11.6. The first-order valence-electron chi connectivity index (χ1n) is 10.7. The van der Waals surface area contributed by atoms with Crippen molar-refractivity contribution in [2.24, 2.45) is 0 Å². The Morgan fingerprint density at radius 1 is 0.967 bits per heavy atom. The first kappa shape index (κ1) is 21.0. The molecule has 1 atom stereocenters. The summed E-state index contributed by atoms with van der Waals surface area (Å²) in [4.78, 5) is 32.7. The molecular formula is C23H29N3O3S. The molecule has 160 valence electrons. The highest BCUT2D eigenvalue weighted by Gasteiger charge is 2.27. The Labute approximate surface area is 182 Å². The highest BCUT2D eigenvalue weighted by Crippen LogP contribution is 2.15. The Balaban J connectivity index is 1.27. The molecule has 0 N–H and O–H groups in total. The van der Waals surface area contributed by atoms with E-state index in [2.05, 4.69) is 4.90 Å². The van der Waals surface area contributed by atoms with Gasteiger partial charge in [-0.05, 0) is 36.5 Å². The van der Waals surface area contributed by atoms with Crippen LogP contribution in [0.2, 0.25) is 0 Å². The molecule has 7 heteroatoms. The fraction of sp³-hybridized carbons (Fsp3) is 0.478. The number of nitrogens with zero attached hydrogens (tertiary/aromatic N) is 3. The van der Waals surface area contributed by atoms with Crippen LogP contribution >= 0.6 is 11.3 Å². The molecule has 2 aliphatic rings. The minimum Gasteiger partial charge on any atom is -0.373 e. The van der Waals surface area contributed by atoms with Gasteiger partial charge in [-0.15, -0.1) is 11.3 Å². The van der Waals surface area contributed by atoms with E-state index in [1.807, 2.05) is 57.6 Å². The van der Waals surface area contributed by atoms with E-state index >= 15 is 0 Å². The summed E-state index contributed by atoms with van der Waals surface area (Å²) in [5.74, 6) is 0.290. The number of thiophene rings is 1. The molecule has 2 fully saturated rings. The van der Waals surface area contributed by atoms with Gasteiger partial charge in [-0.2, -0.15) is 0 Å². The van der Waals surface area contributed by atoms with Crippen molar-refractivity contribution in [3.63, 3.8) is 0 Å². The van der Waals surface area contributed by atoms with Crippen LogP contribution < -0.4 is 0 Å². The monoisotopic (exact) mass is 427 g/mol. The predicted molar refractivity (Wildman–Crippen MR) is 118 cm³/mol. The van der Waals surface area contributed by atoms with E-state index in [0.717, 1.165) is 49.6 Å². The van der Waals surface area contributed by atoms with Gasteiger partial charge < -0.3 is 14.5 Å². The number of carbonyl (C=O) groups excluding carboxylic acids is 2. The van der Waals surface area contributed by atoms with E-state index in [1.165, 1.54) is 0 Å². The van der Waals surface area contributed by atoms with Gasteiger partial charge in [0.05, 0.1) is 19.1 Å². The van der Waals surface area contributed by atoms with Crippen LogP contribution in [0.15, 0.2) is 47.8 Å². The highest BCUT2D eigenvalue weighted by molar-refractivity contribution is 7.10. The molecular weight excluding hydrogens is 398 g/mol. The van der Waals surface area contributed by atoms with Gasteiger partial charge in [-0.1, -0.05) is 24.3 Å². The van der Waals surface area contributed by atoms with E-state index in [9.17, 15) is 9.59 Å².